The lowest BCUT2D eigenvalue weighted by Crippen LogP contribution is -2.29. The molecule has 0 heterocycles. The van der Waals surface area contributed by atoms with Crippen LogP contribution in [0.1, 0.15) is 12.0 Å². The van der Waals surface area contributed by atoms with Crippen molar-refractivity contribution in [3.63, 3.8) is 0 Å². The second kappa shape index (κ2) is 7.83. The molecule has 0 fully saturated rings. The van der Waals surface area contributed by atoms with Gasteiger partial charge in [0.1, 0.15) is 10.6 Å². The van der Waals surface area contributed by atoms with Crippen molar-refractivity contribution in [2.45, 2.75) is 17.2 Å². The van der Waals surface area contributed by atoms with E-state index in [1.807, 2.05) is 0 Å². The fourth-order valence-electron chi connectivity index (χ4n) is 1.73. The van der Waals surface area contributed by atoms with E-state index in [0.717, 1.165) is 5.56 Å². The SMILES string of the molecule is COCCCN(C)S(=O)(=O)c1cc(CCl)ccc1OC. The highest BCUT2D eigenvalue weighted by Crippen LogP contribution is 2.27. The van der Waals surface area contributed by atoms with Gasteiger partial charge in [0, 0.05) is 33.2 Å². The Balaban J connectivity index is 3.06. The Hall–Kier alpha value is -0.820. The number of halogens is 1. The Morgan fingerprint density at radius 1 is 1.30 bits per heavy atom. The summed E-state index contributed by atoms with van der Waals surface area (Å²) in [5.41, 5.74) is 0.733. The lowest BCUT2D eigenvalue weighted by atomic mass is 10.2. The summed E-state index contributed by atoms with van der Waals surface area (Å²) in [6.45, 7) is 0.892. The number of nitrogens with zero attached hydrogens (tertiary/aromatic N) is 1. The maximum Gasteiger partial charge on any atom is 0.246 e. The quantitative estimate of drug-likeness (QED) is 0.543. The first-order valence-electron chi connectivity index (χ1n) is 6.15. The van der Waals surface area contributed by atoms with E-state index in [9.17, 15) is 8.42 Å². The van der Waals surface area contributed by atoms with Gasteiger partial charge >= 0.3 is 0 Å². The average Bonchev–Trinajstić information content (AvgIpc) is 2.46. The number of sulfonamides is 1. The maximum absolute atomic E-state index is 12.5. The van der Waals surface area contributed by atoms with Gasteiger partial charge in [0.2, 0.25) is 10.0 Å². The van der Waals surface area contributed by atoms with E-state index in [0.29, 0.717) is 25.3 Å². The topological polar surface area (TPSA) is 55.8 Å². The van der Waals surface area contributed by atoms with Gasteiger partial charge < -0.3 is 9.47 Å². The third-order valence-corrected chi connectivity index (χ3v) is 5.08. The van der Waals surface area contributed by atoms with E-state index in [1.54, 1.807) is 25.3 Å². The predicted molar refractivity (Wildman–Crippen MR) is 78.9 cm³/mol. The van der Waals surface area contributed by atoms with Crippen LogP contribution in [0.25, 0.3) is 0 Å². The van der Waals surface area contributed by atoms with Gasteiger partial charge in [-0.25, -0.2) is 12.7 Å². The molecular formula is C13H20ClNO4S. The summed E-state index contributed by atoms with van der Waals surface area (Å²) in [6, 6.07) is 4.91. The number of alkyl halides is 1. The van der Waals surface area contributed by atoms with Gasteiger partial charge in [0.05, 0.1) is 7.11 Å². The smallest absolute Gasteiger partial charge is 0.246 e. The predicted octanol–water partition coefficient (Wildman–Crippen LogP) is 2.09. The van der Waals surface area contributed by atoms with Crippen LogP contribution >= 0.6 is 11.6 Å². The molecule has 0 saturated heterocycles. The zero-order valence-corrected chi connectivity index (χ0v) is 13.5. The second-order valence-electron chi connectivity index (χ2n) is 4.29. The molecule has 0 saturated carbocycles. The minimum absolute atomic E-state index is 0.137. The van der Waals surface area contributed by atoms with Crippen LogP contribution in [0.4, 0.5) is 0 Å². The molecule has 0 spiro atoms. The minimum atomic E-state index is -3.60. The fourth-order valence-corrected chi connectivity index (χ4v) is 3.30. The van der Waals surface area contributed by atoms with Crippen molar-refractivity contribution in [1.29, 1.82) is 0 Å². The Morgan fingerprint density at radius 3 is 2.55 bits per heavy atom. The van der Waals surface area contributed by atoms with E-state index in [-0.39, 0.29) is 10.8 Å². The zero-order valence-electron chi connectivity index (χ0n) is 11.9. The van der Waals surface area contributed by atoms with Crippen molar-refractivity contribution < 1.29 is 17.9 Å². The van der Waals surface area contributed by atoms with Crippen LogP contribution in [0.3, 0.4) is 0 Å². The molecule has 0 bridgehead atoms. The number of benzene rings is 1. The highest BCUT2D eigenvalue weighted by atomic mass is 35.5. The average molecular weight is 322 g/mol. The molecule has 7 heteroatoms. The van der Waals surface area contributed by atoms with Crippen LogP contribution in [0, 0.1) is 0 Å². The molecule has 0 unspecified atom stereocenters. The van der Waals surface area contributed by atoms with Crippen LogP contribution in [0.15, 0.2) is 23.1 Å². The number of hydrogen-bond donors (Lipinski definition) is 0. The zero-order chi connectivity index (χ0) is 15.2. The summed E-state index contributed by atoms with van der Waals surface area (Å²) in [4.78, 5) is 0.137. The van der Waals surface area contributed by atoms with Crippen molar-refractivity contribution in [3.8, 4) is 5.75 Å². The standard InChI is InChI=1S/C13H20ClNO4S/c1-15(7-4-8-18-2)20(16,17)13-9-11(10-14)5-6-12(13)19-3/h5-6,9H,4,7-8,10H2,1-3H3. The summed E-state index contributed by atoms with van der Waals surface area (Å²) in [5, 5.41) is 0. The number of ether oxygens (including phenoxy) is 2. The Labute approximate surface area is 125 Å². The molecule has 0 amide bonds. The summed E-state index contributed by atoms with van der Waals surface area (Å²) >= 11 is 5.76. The highest BCUT2D eigenvalue weighted by molar-refractivity contribution is 7.89. The van der Waals surface area contributed by atoms with Crippen LogP contribution in [0.2, 0.25) is 0 Å². The Kier molecular flexibility index (Phi) is 6.75. The van der Waals surface area contributed by atoms with E-state index in [2.05, 4.69) is 0 Å². The van der Waals surface area contributed by atoms with Gasteiger partial charge in [-0.05, 0) is 24.1 Å². The summed E-state index contributed by atoms with van der Waals surface area (Å²) in [5.74, 6) is 0.567. The molecule has 20 heavy (non-hydrogen) atoms. The van der Waals surface area contributed by atoms with Crippen molar-refractivity contribution >= 4 is 21.6 Å². The molecule has 0 aliphatic heterocycles. The van der Waals surface area contributed by atoms with Gasteiger partial charge in [-0.15, -0.1) is 11.6 Å². The largest absolute Gasteiger partial charge is 0.495 e. The first-order valence-corrected chi connectivity index (χ1v) is 8.13. The molecule has 0 radical (unpaired) electrons. The molecular weight excluding hydrogens is 302 g/mol. The van der Waals surface area contributed by atoms with Gasteiger partial charge in [0.15, 0.2) is 0 Å². The number of hydrogen-bond acceptors (Lipinski definition) is 4. The van der Waals surface area contributed by atoms with Gasteiger partial charge in [0.25, 0.3) is 0 Å². The number of methoxy groups -OCH3 is 2. The van der Waals surface area contributed by atoms with Gasteiger partial charge in [-0.1, -0.05) is 6.07 Å². The first-order chi connectivity index (χ1) is 9.47. The molecule has 1 rings (SSSR count). The lowest BCUT2D eigenvalue weighted by molar-refractivity contribution is 0.189. The monoisotopic (exact) mass is 321 g/mol. The lowest BCUT2D eigenvalue weighted by Gasteiger charge is -2.19. The van der Waals surface area contributed by atoms with Crippen LogP contribution < -0.4 is 4.74 Å². The van der Waals surface area contributed by atoms with Gasteiger partial charge in [-0.2, -0.15) is 0 Å². The maximum atomic E-state index is 12.5. The molecule has 1 aromatic rings. The van der Waals surface area contributed by atoms with E-state index in [4.69, 9.17) is 21.1 Å². The van der Waals surface area contributed by atoms with Crippen LogP contribution in [-0.2, 0) is 20.6 Å². The fraction of sp³-hybridized carbons (Fsp3) is 0.538. The molecule has 0 aliphatic rings. The summed E-state index contributed by atoms with van der Waals surface area (Å²) < 4.78 is 36.4. The molecule has 1 aromatic carbocycles. The first kappa shape index (κ1) is 17.2. The summed E-state index contributed by atoms with van der Waals surface area (Å²) in [6.07, 6.45) is 0.629. The molecule has 5 nitrogen and oxygen atoms in total. The van der Waals surface area contributed by atoms with Gasteiger partial charge in [-0.3, -0.25) is 0 Å². The summed E-state index contributed by atoms with van der Waals surface area (Å²) in [7, 11) is 0.968. The third kappa shape index (κ3) is 4.09. The third-order valence-electron chi connectivity index (χ3n) is 2.89. The van der Waals surface area contributed by atoms with E-state index in [1.165, 1.54) is 18.5 Å². The van der Waals surface area contributed by atoms with Crippen molar-refractivity contribution in [2.24, 2.45) is 0 Å². The van der Waals surface area contributed by atoms with Crippen LogP contribution in [0.5, 0.6) is 5.75 Å². The minimum Gasteiger partial charge on any atom is -0.495 e. The highest BCUT2D eigenvalue weighted by Gasteiger charge is 2.24. The normalized spacial score (nSPS) is 11.8. The Bertz CT molecular complexity index is 533. The Morgan fingerprint density at radius 2 is 2.00 bits per heavy atom. The molecule has 114 valence electrons. The number of rotatable bonds is 8. The molecule has 0 aliphatic carbocycles. The molecule has 0 atom stereocenters. The molecule has 0 N–H and O–H groups in total. The van der Waals surface area contributed by atoms with Crippen molar-refractivity contribution in [1.82, 2.24) is 4.31 Å². The van der Waals surface area contributed by atoms with E-state index >= 15 is 0 Å². The van der Waals surface area contributed by atoms with Crippen molar-refractivity contribution in [3.05, 3.63) is 23.8 Å². The van der Waals surface area contributed by atoms with Crippen LogP contribution in [-0.4, -0.2) is 47.1 Å². The van der Waals surface area contributed by atoms with E-state index < -0.39 is 10.0 Å². The van der Waals surface area contributed by atoms with Crippen molar-refractivity contribution in [2.75, 3.05) is 34.4 Å². The molecule has 0 aromatic heterocycles. The second-order valence-corrected chi connectivity index (χ2v) is 6.57.